The number of carbonyl (C=O) groups is 2. The van der Waals surface area contributed by atoms with Gasteiger partial charge >= 0.3 is 5.97 Å². The third-order valence-electron chi connectivity index (χ3n) is 5.47. The fraction of sp³-hybridized carbons (Fsp3) is 0.417. The Hall–Kier alpha value is -3.06. The summed E-state index contributed by atoms with van der Waals surface area (Å²) in [5.41, 5.74) is 3.00. The summed E-state index contributed by atoms with van der Waals surface area (Å²) in [4.78, 5) is 26.7. The fourth-order valence-corrected chi connectivity index (χ4v) is 3.42. The molecule has 7 heteroatoms. The smallest absolute Gasteiger partial charge is 0.337 e. The predicted octanol–water partition coefficient (Wildman–Crippen LogP) is 3.84. The van der Waals surface area contributed by atoms with E-state index in [4.69, 9.17) is 14.2 Å². The van der Waals surface area contributed by atoms with Crippen LogP contribution in [-0.4, -0.2) is 51.9 Å². The summed E-state index contributed by atoms with van der Waals surface area (Å²) >= 11 is 0. The maximum atomic E-state index is 12.6. The van der Waals surface area contributed by atoms with Crippen molar-refractivity contribution in [3.63, 3.8) is 0 Å². The van der Waals surface area contributed by atoms with E-state index >= 15 is 0 Å². The zero-order valence-corrected chi connectivity index (χ0v) is 18.3. The van der Waals surface area contributed by atoms with E-state index in [0.717, 1.165) is 12.1 Å². The molecule has 166 valence electrons. The van der Waals surface area contributed by atoms with Gasteiger partial charge in [0.1, 0.15) is 5.75 Å². The number of anilines is 2. The van der Waals surface area contributed by atoms with Crippen LogP contribution in [0.15, 0.2) is 42.5 Å². The molecule has 1 aliphatic heterocycles. The fourth-order valence-electron chi connectivity index (χ4n) is 3.42. The lowest BCUT2D eigenvalue weighted by Crippen LogP contribution is -2.37. The van der Waals surface area contributed by atoms with Crippen LogP contribution in [0.25, 0.3) is 0 Å². The second kappa shape index (κ2) is 10.8. The minimum atomic E-state index is -0.457. The first-order valence-electron chi connectivity index (χ1n) is 10.6. The highest BCUT2D eigenvalue weighted by Gasteiger charge is 2.19. The van der Waals surface area contributed by atoms with Crippen molar-refractivity contribution in [1.82, 2.24) is 0 Å². The molecule has 1 N–H and O–H groups in total. The van der Waals surface area contributed by atoms with E-state index in [9.17, 15) is 9.59 Å². The Morgan fingerprint density at radius 3 is 2.48 bits per heavy atom. The van der Waals surface area contributed by atoms with E-state index in [0.29, 0.717) is 49.2 Å². The van der Waals surface area contributed by atoms with Crippen LogP contribution in [0, 0.1) is 0 Å². The molecule has 31 heavy (non-hydrogen) atoms. The molecule has 1 amide bonds. The van der Waals surface area contributed by atoms with E-state index in [1.807, 2.05) is 30.3 Å². The van der Waals surface area contributed by atoms with Crippen LogP contribution in [0.5, 0.6) is 5.75 Å². The Morgan fingerprint density at radius 2 is 1.84 bits per heavy atom. The van der Waals surface area contributed by atoms with Gasteiger partial charge < -0.3 is 24.4 Å². The molecule has 0 aromatic heterocycles. The minimum absolute atomic E-state index is 0.131. The molecule has 1 saturated heterocycles. The Bertz CT molecular complexity index is 891. The van der Waals surface area contributed by atoms with Crippen molar-refractivity contribution in [3.05, 3.63) is 53.6 Å². The van der Waals surface area contributed by atoms with Gasteiger partial charge in [-0.3, -0.25) is 4.79 Å². The van der Waals surface area contributed by atoms with E-state index in [1.165, 1.54) is 12.7 Å². The van der Waals surface area contributed by atoms with Crippen molar-refractivity contribution in [2.75, 3.05) is 50.2 Å². The van der Waals surface area contributed by atoms with Crippen LogP contribution in [-0.2, 0) is 14.3 Å². The number of nitrogens with one attached hydrogen (secondary N) is 1. The summed E-state index contributed by atoms with van der Waals surface area (Å²) in [6.45, 7) is 6.84. The number of carbonyl (C=O) groups excluding carboxylic acids is 2. The first-order valence-corrected chi connectivity index (χ1v) is 10.6. The van der Waals surface area contributed by atoms with Crippen molar-refractivity contribution < 1.29 is 23.8 Å². The molecule has 3 rings (SSSR count). The van der Waals surface area contributed by atoms with E-state index in [2.05, 4.69) is 24.1 Å². The van der Waals surface area contributed by atoms with Crippen LogP contribution in [0.1, 0.15) is 42.1 Å². The van der Waals surface area contributed by atoms with Crippen LogP contribution in [0.4, 0.5) is 11.4 Å². The highest BCUT2D eigenvalue weighted by molar-refractivity contribution is 5.98. The number of morpholine rings is 1. The number of amides is 1. The van der Waals surface area contributed by atoms with Gasteiger partial charge in [-0.1, -0.05) is 26.0 Å². The summed E-state index contributed by atoms with van der Waals surface area (Å²) in [5.74, 6) is 0.362. The third kappa shape index (κ3) is 5.98. The molecule has 0 unspecified atom stereocenters. The first kappa shape index (κ1) is 22.6. The molecule has 1 atom stereocenters. The van der Waals surface area contributed by atoms with Gasteiger partial charge in [0.25, 0.3) is 5.91 Å². The lowest BCUT2D eigenvalue weighted by molar-refractivity contribution is -0.118. The van der Waals surface area contributed by atoms with Crippen molar-refractivity contribution in [2.45, 2.75) is 26.2 Å². The van der Waals surface area contributed by atoms with Gasteiger partial charge in [0, 0.05) is 13.1 Å². The molecule has 0 bridgehead atoms. The zero-order chi connectivity index (χ0) is 22.2. The molecule has 0 saturated carbocycles. The van der Waals surface area contributed by atoms with Crippen LogP contribution in [0.3, 0.4) is 0 Å². The van der Waals surface area contributed by atoms with Gasteiger partial charge in [-0.25, -0.2) is 4.79 Å². The van der Waals surface area contributed by atoms with Gasteiger partial charge in [-0.15, -0.1) is 0 Å². The summed E-state index contributed by atoms with van der Waals surface area (Å²) < 4.78 is 15.9. The first-order chi connectivity index (χ1) is 15.0. The average Bonchev–Trinajstić information content (AvgIpc) is 2.82. The van der Waals surface area contributed by atoms with Crippen molar-refractivity contribution >= 4 is 23.3 Å². The number of benzene rings is 2. The van der Waals surface area contributed by atoms with Crippen LogP contribution < -0.4 is 15.0 Å². The van der Waals surface area contributed by atoms with Crippen LogP contribution >= 0.6 is 0 Å². The van der Waals surface area contributed by atoms with E-state index < -0.39 is 5.97 Å². The number of ether oxygens (including phenoxy) is 3. The normalized spacial score (nSPS) is 14.6. The third-order valence-corrected chi connectivity index (χ3v) is 5.47. The van der Waals surface area contributed by atoms with Gasteiger partial charge in [0.15, 0.2) is 6.61 Å². The highest BCUT2D eigenvalue weighted by Crippen LogP contribution is 2.28. The number of hydrogen-bond acceptors (Lipinski definition) is 6. The van der Waals surface area contributed by atoms with Gasteiger partial charge in [0.2, 0.25) is 0 Å². The Labute approximate surface area is 183 Å². The number of nitrogens with zero attached hydrogens (tertiary/aromatic N) is 1. The molecule has 0 spiro atoms. The number of rotatable bonds is 8. The molecule has 0 aliphatic carbocycles. The summed E-state index contributed by atoms with van der Waals surface area (Å²) in [6.07, 6.45) is 1.07. The van der Waals surface area contributed by atoms with Gasteiger partial charge in [-0.05, 0) is 48.2 Å². The Morgan fingerprint density at radius 1 is 1.13 bits per heavy atom. The maximum Gasteiger partial charge on any atom is 0.337 e. The number of esters is 1. The average molecular weight is 427 g/mol. The zero-order valence-electron chi connectivity index (χ0n) is 18.3. The molecular weight excluding hydrogens is 396 g/mol. The van der Waals surface area contributed by atoms with Gasteiger partial charge in [-0.2, -0.15) is 0 Å². The van der Waals surface area contributed by atoms with Crippen molar-refractivity contribution in [2.24, 2.45) is 0 Å². The molecule has 1 fully saturated rings. The molecule has 1 heterocycles. The number of methoxy groups -OCH3 is 1. The Balaban J connectivity index is 1.69. The lowest BCUT2D eigenvalue weighted by atomic mass is 9.99. The van der Waals surface area contributed by atoms with Crippen molar-refractivity contribution in [3.8, 4) is 5.75 Å². The second-order valence-corrected chi connectivity index (χ2v) is 7.54. The van der Waals surface area contributed by atoms with Crippen LogP contribution in [0.2, 0.25) is 0 Å². The maximum absolute atomic E-state index is 12.6. The molecular formula is C24H30N2O5. The summed E-state index contributed by atoms with van der Waals surface area (Å²) in [5, 5.41) is 2.88. The standard InChI is InChI=1S/C24H30N2O5/c1-4-17(2)18-5-8-20(9-6-18)31-16-23(27)25-21-15-19(24(28)29-3)7-10-22(21)26-11-13-30-14-12-26/h5-10,15,17H,4,11-14,16H2,1-3H3,(H,25,27)/t17-/m0/s1. The predicted molar refractivity (Wildman–Crippen MR) is 120 cm³/mol. The molecule has 1 aliphatic rings. The molecule has 0 radical (unpaired) electrons. The quantitative estimate of drug-likeness (QED) is 0.647. The van der Waals surface area contributed by atoms with Crippen molar-refractivity contribution in [1.29, 1.82) is 0 Å². The monoisotopic (exact) mass is 426 g/mol. The molecule has 7 nitrogen and oxygen atoms in total. The topological polar surface area (TPSA) is 77.1 Å². The number of hydrogen-bond donors (Lipinski definition) is 1. The Kier molecular flexibility index (Phi) is 7.89. The van der Waals surface area contributed by atoms with E-state index in [1.54, 1.807) is 12.1 Å². The second-order valence-electron chi connectivity index (χ2n) is 7.54. The molecule has 2 aromatic carbocycles. The summed E-state index contributed by atoms with van der Waals surface area (Å²) in [7, 11) is 1.33. The highest BCUT2D eigenvalue weighted by atomic mass is 16.5. The SMILES string of the molecule is CC[C@H](C)c1ccc(OCC(=O)Nc2cc(C(=O)OC)ccc2N2CCOCC2)cc1. The van der Waals surface area contributed by atoms with E-state index in [-0.39, 0.29) is 12.5 Å². The molecule has 2 aromatic rings. The largest absolute Gasteiger partial charge is 0.484 e. The minimum Gasteiger partial charge on any atom is -0.484 e. The summed E-state index contributed by atoms with van der Waals surface area (Å²) in [6, 6.07) is 13.0. The van der Waals surface area contributed by atoms with Gasteiger partial charge in [0.05, 0.1) is 37.3 Å². The lowest BCUT2D eigenvalue weighted by Gasteiger charge is -2.30.